The molecule has 2 nitrogen and oxygen atoms in total. The second-order valence-corrected chi connectivity index (χ2v) is 3.44. The minimum absolute atomic E-state index is 0.484. The summed E-state index contributed by atoms with van der Waals surface area (Å²) in [5, 5.41) is 9.13. The molecule has 0 spiro atoms. The quantitative estimate of drug-likeness (QED) is 0.767. The van der Waals surface area contributed by atoms with Gasteiger partial charge in [0.1, 0.15) is 5.75 Å². The smallest absolute Gasteiger partial charge is 0.140 e. The standard InChI is InChI=1S/C11H12ClNO/c1-8-5-6-10(12)11(14-2)9(8)4-3-7-13/h5-6H,3-4H2,1-2H3. The number of ether oxygens (including phenoxy) is 1. The van der Waals surface area contributed by atoms with Crippen molar-refractivity contribution in [2.75, 3.05) is 7.11 Å². The van der Waals surface area contributed by atoms with Crippen LogP contribution in [0.25, 0.3) is 0 Å². The highest BCUT2D eigenvalue weighted by atomic mass is 35.5. The lowest BCUT2D eigenvalue weighted by atomic mass is 10.0. The predicted octanol–water partition coefficient (Wildman–Crippen LogP) is 3.11. The van der Waals surface area contributed by atoms with Crippen molar-refractivity contribution in [1.29, 1.82) is 5.26 Å². The molecule has 0 radical (unpaired) electrons. The minimum atomic E-state index is 0.484. The SMILES string of the molecule is COc1c(Cl)ccc(C)c1CCC#N. The van der Waals surface area contributed by atoms with Crippen LogP contribution in [0.2, 0.25) is 5.02 Å². The highest BCUT2D eigenvalue weighted by Gasteiger charge is 2.09. The van der Waals surface area contributed by atoms with Crippen LogP contribution in [0.15, 0.2) is 12.1 Å². The molecular weight excluding hydrogens is 198 g/mol. The molecule has 0 unspecified atom stereocenters. The van der Waals surface area contributed by atoms with Gasteiger partial charge in [-0.15, -0.1) is 0 Å². The van der Waals surface area contributed by atoms with E-state index >= 15 is 0 Å². The molecule has 0 aliphatic rings. The molecule has 3 heteroatoms. The van der Waals surface area contributed by atoms with Gasteiger partial charge in [-0.2, -0.15) is 5.26 Å². The number of hydrogen-bond acceptors (Lipinski definition) is 2. The van der Waals surface area contributed by atoms with Crippen molar-refractivity contribution < 1.29 is 4.74 Å². The van der Waals surface area contributed by atoms with Crippen LogP contribution in [0.5, 0.6) is 5.75 Å². The normalized spacial score (nSPS) is 9.57. The molecule has 0 saturated carbocycles. The van der Waals surface area contributed by atoms with Crippen molar-refractivity contribution in [2.24, 2.45) is 0 Å². The zero-order valence-electron chi connectivity index (χ0n) is 8.30. The fourth-order valence-electron chi connectivity index (χ4n) is 1.41. The topological polar surface area (TPSA) is 33.0 Å². The van der Waals surface area contributed by atoms with E-state index in [1.807, 2.05) is 19.1 Å². The largest absolute Gasteiger partial charge is 0.495 e. The Morgan fingerprint density at radius 3 is 2.79 bits per heavy atom. The first kappa shape index (κ1) is 10.9. The monoisotopic (exact) mass is 209 g/mol. The Labute approximate surface area is 89.1 Å². The Morgan fingerprint density at radius 2 is 2.21 bits per heavy atom. The van der Waals surface area contributed by atoms with Gasteiger partial charge in [0.15, 0.2) is 0 Å². The zero-order valence-corrected chi connectivity index (χ0v) is 9.06. The fourth-order valence-corrected chi connectivity index (χ4v) is 1.66. The molecule has 0 saturated heterocycles. The summed E-state index contributed by atoms with van der Waals surface area (Å²) in [6, 6.07) is 5.87. The average molecular weight is 210 g/mol. The van der Waals surface area contributed by atoms with E-state index < -0.39 is 0 Å². The molecule has 0 amide bonds. The highest BCUT2D eigenvalue weighted by Crippen LogP contribution is 2.31. The number of nitrogens with zero attached hydrogens (tertiary/aromatic N) is 1. The first-order chi connectivity index (χ1) is 6.70. The lowest BCUT2D eigenvalue weighted by Gasteiger charge is -2.11. The van der Waals surface area contributed by atoms with Gasteiger partial charge in [-0.05, 0) is 30.5 Å². The maximum atomic E-state index is 8.53. The van der Waals surface area contributed by atoms with Crippen LogP contribution in [-0.2, 0) is 6.42 Å². The maximum Gasteiger partial charge on any atom is 0.140 e. The summed E-state index contributed by atoms with van der Waals surface area (Å²) >= 11 is 5.97. The first-order valence-corrected chi connectivity index (χ1v) is 4.77. The third-order valence-corrected chi connectivity index (χ3v) is 2.44. The first-order valence-electron chi connectivity index (χ1n) is 4.39. The van der Waals surface area contributed by atoms with Gasteiger partial charge in [0.25, 0.3) is 0 Å². The molecule has 0 aromatic heterocycles. The molecule has 1 aromatic rings. The number of hydrogen-bond donors (Lipinski definition) is 0. The Bertz CT molecular complexity index is 368. The zero-order chi connectivity index (χ0) is 10.6. The van der Waals surface area contributed by atoms with Gasteiger partial charge in [-0.3, -0.25) is 0 Å². The van der Waals surface area contributed by atoms with E-state index in [1.165, 1.54) is 0 Å². The Hall–Kier alpha value is -1.20. The third kappa shape index (κ3) is 2.18. The van der Waals surface area contributed by atoms with Gasteiger partial charge in [0, 0.05) is 6.42 Å². The van der Waals surface area contributed by atoms with E-state index in [0.29, 0.717) is 23.6 Å². The van der Waals surface area contributed by atoms with E-state index in [9.17, 15) is 0 Å². The van der Waals surface area contributed by atoms with Crippen molar-refractivity contribution in [3.8, 4) is 11.8 Å². The summed E-state index contributed by atoms with van der Waals surface area (Å²) in [6.07, 6.45) is 1.17. The molecule has 0 aliphatic heterocycles. The van der Waals surface area contributed by atoms with Crippen LogP contribution in [-0.4, -0.2) is 7.11 Å². The van der Waals surface area contributed by atoms with Gasteiger partial charge in [0.05, 0.1) is 18.2 Å². The fraction of sp³-hybridized carbons (Fsp3) is 0.364. The molecule has 14 heavy (non-hydrogen) atoms. The molecule has 0 atom stereocenters. The van der Waals surface area contributed by atoms with Crippen LogP contribution in [0, 0.1) is 18.3 Å². The number of aryl methyl sites for hydroxylation is 1. The lowest BCUT2D eigenvalue weighted by molar-refractivity contribution is 0.409. The van der Waals surface area contributed by atoms with Crippen molar-refractivity contribution in [3.63, 3.8) is 0 Å². The lowest BCUT2D eigenvalue weighted by Crippen LogP contribution is -1.96. The summed E-state index contributed by atoms with van der Waals surface area (Å²) < 4.78 is 5.21. The van der Waals surface area contributed by atoms with Gasteiger partial charge in [-0.1, -0.05) is 17.7 Å². The van der Waals surface area contributed by atoms with Crippen LogP contribution < -0.4 is 4.74 Å². The van der Waals surface area contributed by atoms with Gasteiger partial charge in [-0.25, -0.2) is 0 Å². The number of methoxy groups -OCH3 is 1. The van der Waals surface area contributed by atoms with E-state index in [-0.39, 0.29) is 0 Å². The second-order valence-electron chi connectivity index (χ2n) is 3.03. The molecule has 1 aromatic carbocycles. The van der Waals surface area contributed by atoms with E-state index in [2.05, 4.69) is 6.07 Å². The molecule has 0 heterocycles. The van der Waals surface area contributed by atoms with Crippen molar-refractivity contribution in [2.45, 2.75) is 19.8 Å². The van der Waals surface area contributed by atoms with E-state index in [4.69, 9.17) is 21.6 Å². The molecule has 1 rings (SSSR count). The number of benzene rings is 1. The Balaban J connectivity index is 3.10. The molecule has 0 bridgehead atoms. The van der Waals surface area contributed by atoms with Gasteiger partial charge < -0.3 is 4.74 Å². The van der Waals surface area contributed by atoms with Gasteiger partial charge in [0.2, 0.25) is 0 Å². The number of rotatable bonds is 3. The van der Waals surface area contributed by atoms with Crippen LogP contribution in [0.3, 0.4) is 0 Å². The second kappa shape index (κ2) is 4.88. The summed E-state index contributed by atoms with van der Waals surface area (Å²) in [6.45, 7) is 1.99. The van der Waals surface area contributed by atoms with Crippen LogP contribution >= 0.6 is 11.6 Å². The molecule has 0 aliphatic carbocycles. The maximum absolute atomic E-state index is 8.53. The molecule has 0 N–H and O–H groups in total. The van der Waals surface area contributed by atoms with E-state index in [1.54, 1.807) is 7.11 Å². The van der Waals surface area contributed by atoms with Crippen molar-refractivity contribution in [1.82, 2.24) is 0 Å². The average Bonchev–Trinajstić information content (AvgIpc) is 2.19. The minimum Gasteiger partial charge on any atom is -0.495 e. The van der Waals surface area contributed by atoms with Crippen LogP contribution in [0.1, 0.15) is 17.5 Å². The molecular formula is C11H12ClNO. The molecule has 0 fully saturated rings. The number of nitriles is 1. The van der Waals surface area contributed by atoms with E-state index in [0.717, 1.165) is 11.1 Å². The molecule has 74 valence electrons. The summed E-state index contributed by atoms with van der Waals surface area (Å²) in [5.41, 5.74) is 2.14. The van der Waals surface area contributed by atoms with Gasteiger partial charge >= 0.3 is 0 Å². The Morgan fingerprint density at radius 1 is 1.50 bits per heavy atom. The van der Waals surface area contributed by atoms with Crippen molar-refractivity contribution in [3.05, 3.63) is 28.3 Å². The summed E-state index contributed by atoms with van der Waals surface area (Å²) in [5.74, 6) is 0.696. The van der Waals surface area contributed by atoms with Crippen LogP contribution in [0.4, 0.5) is 0 Å². The third-order valence-electron chi connectivity index (χ3n) is 2.14. The summed E-state index contributed by atoms with van der Waals surface area (Å²) in [7, 11) is 1.59. The highest BCUT2D eigenvalue weighted by molar-refractivity contribution is 6.32. The predicted molar refractivity (Wildman–Crippen MR) is 56.7 cm³/mol. The number of halogens is 1. The Kier molecular flexibility index (Phi) is 3.79. The summed E-state index contributed by atoms with van der Waals surface area (Å²) in [4.78, 5) is 0. The van der Waals surface area contributed by atoms with Crippen molar-refractivity contribution >= 4 is 11.6 Å².